The highest BCUT2D eigenvalue weighted by Crippen LogP contribution is 2.60. The number of carboxylic acids is 1. The molecule has 0 spiro atoms. The van der Waals surface area contributed by atoms with E-state index >= 15 is 0 Å². The van der Waals surface area contributed by atoms with Crippen LogP contribution in [0, 0.1) is 23.2 Å². The second-order valence-electron chi connectivity index (χ2n) is 18.4. The first kappa shape index (κ1) is 41.5. The summed E-state index contributed by atoms with van der Waals surface area (Å²) >= 11 is 0. The van der Waals surface area contributed by atoms with Crippen LogP contribution in [0.15, 0.2) is 35.5 Å². The Bertz CT molecular complexity index is 1120. The lowest BCUT2D eigenvalue weighted by atomic mass is 9.60. The van der Waals surface area contributed by atoms with Gasteiger partial charge >= 0.3 is 5.97 Å². The number of fused-ring (bicyclic) bond motifs is 1. The summed E-state index contributed by atoms with van der Waals surface area (Å²) in [6.07, 6.45) is 14.0. The highest BCUT2D eigenvalue weighted by molar-refractivity contribution is 6.78. The van der Waals surface area contributed by atoms with E-state index in [9.17, 15) is 9.90 Å². The number of hydrogen-bond donors (Lipinski definition) is 1. The van der Waals surface area contributed by atoms with E-state index in [1.54, 1.807) is 5.57 Å². The second-order valence-corrected chi connectivity index (χ2v) is 29.2. The monoisotopic (exact) mass is 701 g/mol. The molecule has 3 aliphatic rings. The van der Waals surface area contributed by atoms with Crippen molar-refractivity contribution < 1.29 is 18.8 Å². The molecule has 48 heavy (non-hydrogen) atoms. The molecular weight excluding hydrogens is 625 g/mol. The molecule has 276 valence electrons. The van der Waals surface area contributed by atoms with Crippen molar-refractivity contribution in [3.05, 3.63) is 35.5 Å². The summed E-state index contributed by atoms with van der Waals surface area (Å²) in [4.78, 5) is 11.4. The Morgan fingerprint density at radius 2 is 1.38 bits per heavy atom. The number of carboxylic acid groups (broad SMARTS) is 1. The lowest BCUT2D eigenvalue weighted by molar-refractivity contribution is -0.137. The van der Waals surface area contributed by atoms with Crippen molar-refractivity contribution in [3.8, 4) is 0 Å². The first-order chi connectivity index (χ1) is 22.2. The lowest BCUT2D eigenvalue weighted by Crippen LogP contribution is -2.54. The molecular formula is C42H76O4Si2. The van der Waals surface area contributed by atoms with Crippen LogP contribution in [-0.2, 0) is 13.6 Å². The van der Waals surface area contributed by atoms with Crippen molar-refractivity contribution in [1.82, 2.24) is 0 Å². The van der Waals surface area contributed by atoms with E-state index in [0.29, 0.717) is 51.0 Å². The van der Waals surface area contributed by atoms with Gasteiger partial charge in [0.25, 0.3) is 0 Å². The van der Waals surface area contributed by atoms with E-state index in [4.69, 9.17) is 15.4 Å². The van der Waals surface area contributed by atoms with Gasteiger partial charge < -0.3 is 14.0 Å². The van der Waals surface area contributed by atoms with Crippen molar-refractivity contribution in [1.29, 1.82) is 0 Å². The average Bonchev–Trinajstić information content (AvgIpc) is 3.34. The summed E-state index contributed by atoms with van der Waals surface area (Å²) in [5.41, 5.74) is 7.55. The molecule has 0 radical (unpaired) electrons. The quantitative estimate of drug-likeness (QED) is 0.173. The fourth-order valence-corrected chi connectivity index (χ4v) is 22.9. The van der Waals surface area contributed by atoms with Crippen molar-refractivity contribution in [2.75, 3.05) is 0 Å². The third-order valence-corrected chi connectivity index (χ3v) is 26.2. The molecule has 1 N–H and O–H groups in total. The molecule has 3 saturated carbocycles. The smallest absolute Gasteiger partial charge is 0.303 e. The highest BCUT2D eigenvalue weighted by Gasteiger charge is 2.52. The van der Waals surface area contributed by atoms with Crippen LogP contribution in [0.25, 0.3) is 0 Å². The Morgan fingerprint density at radius 1 is 0.854 bits per heavy atom. The first-order valence-electron chi connectivity index (χ1n) is 19.9. The molecule has 0 aromatic rings. The molecule has 3 rings (SSSR count). The molecule has 3 aliphatic carbocycles. The zero-order valence-electron chi connectivity index (χ0n) is 33.7. The lowest BCUT2D eigenvalue weighted by Gasteiger charge is -2.49. The molecule has 6 atom stereocenters. The number of rotatable bonds is 15. The molecule has 6 heteroatoms. The Morgan fingerprint density at radius 3 is 1.88 bits per heavy atom. The largest absolute Gasteiger partial charge is 0.481 e. The average molecular weight is 701 g/mol. The standard InChI is InChI=1S/C42H76O4Si2/c1-27(2)47(28(3)4,29(5)6)45-37-25-36(34(14)40(26-37)46-48(30(7)8,31(9)10)32(11)12)20-19-35-17-16-24-42(15)38(21-22-39(35)42)33(13)18-23-41(43)44/h19-20,27-33,37-40H,14,16-18,21-26H2,1-13,15H3,(H,43,44)/t33-,37+,38-,39+,40-,42-/m1/s1. The van der Waals surface area contributed by atoms with E-state index in [0.717, 1.165) is 19.3 Å². The van der Waals surface area contributed by atoms with E-state index in [1.165, 1.54) is 43.3 Å². The van der Waals surface area contributed by atoms with Gasteiger partial charge in [-0.2, -0.15) is 0 Å². The maximum Gasteiger partial charge on any atom is 0.303 e. The van der Waals surface area contributed by atoms with Crippen LogP contribution in [-0.4, -0.2) is 39.9 Å². The Kier molecular flexibility index (Phi) is 14.3. The molecule has 3 fully saturated rings. The van der Waals surface area contributed by atoms with Crippen molar-refractivity contribution in [2.24, 2.45) is 23.2 Å². The fourth-order valence-electron chi connectivity index (χ4n) is 11.8. The predicted octanol–water partition coefficient (Wildman–Crippen LogP) is 13.0. The van der Waals surface area contributed by atoms with Gasteiger partial charge in [0, 0.05) is 12.8 Å². The van der Waals surface area contributed by atoms with Crippen LogP contribution in [0.2, 0.25) is 33.2 Å². The van der Waals surface area contributed by atoms with Crippen LogP contribution in [0.3, 0.4) is 0 Å². The third-order valence-electron chi connectivity index (χ3n) is 13.9. The molecule has 0 saturated heterocycles. The summed E-state index contributed by atoms with van der Waals surface area (Å²) in [5.74, 6) is 0.963. The molecule has 0 aliphatic heterocycles. The zero-order chi connectivity index (χ0) is 36.4. The first-order valence-corrected chi connectivity index (χ1v) is 24.2. The van der Waals surface area contributed by atoms with Crippen LogP contribution in [0.4, 0.5) is 0 Å². The molecule has 0 aromatic carbocycles. The van der Waals surface area contributed by atoms with Gasteiger partial charge in [-0.1, -0.05) is 121 Å². The summed E-state index contributed by atoms with van der Waals surface area (Å²) < 4.78 is 15.1. The van der Waals surface area contributed by atoms with Crippen LogP contribution in [0.5, 0.6) is 0 Å². The van der Waals surface area contributed by atoms with Crippen molar-refractivity contribution >= 4 is 22.6 Å². The molecule has 0 heterocycles. The third kappa shape index (κ3) is 8.23. The van der Waals surface area contributed by atoms with Crippen LogP contribution in [0.1, 0.15) is 155 Å². The van der Waals surface area contributed by atoms with Crippen molar-refractivity contribution in [3.63, 3.8) is 0 Å². The second kappa shape index (κ2) is 16.6. The minimum atomic E-state index is -2.14. The van der Waals surface area contributed by atoms with Gasteiger partial charge in [0.1, 0.15) is 0 Å². The normalized spacial score (nSPS) is 29.8. The number of allylic oxidation sites excluding steroid dienone is 3. The Balaban J connectivity index is 2.03. The Labute approximate surface area is 299 Å². The van der Waals surface area contributed by atoms with Gasteiger partial charge in [0.15, 0.2) is 0 Å². The molecule has 0 bridgehead atoms. The molecule has 0 aromatic heterocycles. The molecule has 0 amide bonds. The number of aliphatic carboxylic acids is 1. The fraction of sp³-hybridized carbons (Fsp3) is 0.833. The minimum Gasteiger partial charge on any atom is -0.481 e. The van der Waals surface area contributed by atoms with Gasteiger partial charge in [-0.15, -0.1) is 0 Å². The van der Waals surface area contributed by atoms with Gasteiger partial charge in [-0.3, -0.25) is 4.79 Å². The topological polar surface area (TPSA) is 55.8 Å². The SMILES string of the molecule is C=C1C(=CC=C2CCC[C@]3(C)[C@@H]([C@H](C)CCC(=O)O)CC[C@@H]23)C[C@H](O[Si](C(C)C)(C(C)C)C(C)C)C[C@H]1O[Si](C(C)C)(C(C)C)C(C)C. The maximum absolute atomic E-state index is 11.4. The highest BCUT2D eigenvalue weighted by atomic mass is 28.4. The number of hydrogen-bond acceptors (Lipinski definition) is 3. The van der Waals surface area contributed by atoms with E-state index in [2.05, 4.69) is 109 Å². The van der Waals surface area contributed by atoms with Gasteiger partial charge in [0.2, 0.25) is 16.6 Å². The van der Waals surface area contributed by atoms with E-state index < -0.39 is 22.6 Å². The Hall–Kier alpha value is -0.956. The van der Waals surface area contributed by atoms with Gasteiger partial charge in [-0.25, -0.2) is 0 Å². The predicted molar refractivity (Wildman–Crippen MR) is 211 cm³/mol. The van der Waals surface area contributed by atoms with Crippen LogP contribution >= 0.6 is 0 Å². The minimum absolute atomic E-state index is 0.00646. The van der Waals surface area contributed by atoms with E-state index in [-0.39, 0.29) is 24.0 Å². The summed E-state index contributed by atoms with van der Waals surface area (Å²) in [6, 6.07) is 0. The summed E-state index contributed by atoms with van der Waals surface area (Å²) in [7, 11) is -4.23. The summed E-state index contributed by atoms with van der Waals surface area (Å²) in [6.45, 7) is 38.3. The van der Waals surface area contributed by atoms with Crippen LogP contribution < -0.4 is 0 Å². The van der Waals surface area contributed by atoms with E-state index in [1.807, 2.05) is 0 Å². The molecule has 4 nitrogen and oxygen atoms in total. The number of carbonyl (C=O) groups is 1. The molecule has 0 unspecified atom stereocenters. The maximum atomic E-state index is 11.4. The van der Waals surface area contributed by atoms with Gasteiger partial charge in [-0.05, 0) is 113 Å². The van der Waals surface area contributed by atoms with Crippen molar-refractivity contribution in [2.45, 2.75) is 200 Å². The van der Waals surface area contributed by atoms with Gasteiger partial charge in [0.05, 0.1) is 12.2 Å². The summed E-state index contributed by atoms with van der Waals surface area (Å²) in [5, 5.41) is 9.35. The zero-order valence-corrected chi connectivity index (χ0v) is 35.7.